The summed E-state index contributed by atoms with van der Waals surface area (Å²) in [6.07, 6.45) is 1.39. The van der Waals surface area contributed by atoms with Crippen molar-refractivity contribution in [1.29, 1.82) is 0 Å². The number of ether oxygens (including phenoxy) is 1. The fraction of sp³-hybridized carbons (Fsp3) is 0.214. The first-order valence-electron chi connectivity index (χ1n) is 11.8. The average molecular weight is 595 g/mol. The zero-order valence-corrected chi connectivity index (χ0v) is 23.9. The number of rotatable bonds is 8. The molecule has 1 amide bonds. The summed E-state index contributed by atoms with van der Waals surface area (Å²) < 4.78 is 8.02. The molecule has 0 bridgehead atoms. The van der Waals surface area contributed by atoms with Crippen LogP contribution in [0.4, 0.5) is 0 Å². The van der Waals surface area contributed by atoms with Crippen molar-refractivity contribution >= 4 is 39.8 Å². The van der Waals surface area contributed by atoms with Gasteiger partial charge in [0.15, 0.2) is 11.0 Å². The number of benzene rings is 3. The highest BCUT2D eigenvalue weighted by Crippen LogP contribution is 2.31. The van der Waals surface area contributed by atoms with Crippen LogP contribution in [0, 0.1) is 0 Å². The van der Waals surface area contributed by atoms with Gasteiger partial charge in [-0.2, -0.15) is 5.10 Å². The standard InChI is InChI=1S/C28H28BrN5O3S/c1-28(2,3)20-7-5-18(6-8-20)26-32-33-27(34(26)22-10-12-23(37-4)13-11-22)38-17-25(36)31-30-16-19-15-21(29)9-14-24(19)35/h5-16,35H,17H2,1-4H3,(H,31,36)/b30-16-. The maximum absolute atomic E-state index is 12.5. The second kappa shape index (κ2) is 11.8. The van der Waals surface area contributed by atoms with Crippen LogP contribution in [0.15, 0.2) is 81.5 Å². The number of nitrogens with one attached hydrogen (secondary N) is 1. The Bertz CT molecular complexity index is 1450. The first kappa shape index (κ1) is 27.4. The summed E-state index contributed by atoms with van der Waals surface area (Å²) in [5, 5.41) is 23.3. The number of aromatic hydroxyl groups is 1. The molecular weight excluding hydrogens is 566 g/mol. The normalized spacial score (nSPS) is 11.6. The molecule has 0 saturated carbocycles. The van der Waals surface area contributed by atoms with Crippen LogP contribution in [0.2, 0.25) is 0 Å². The molecule has 0 aliphatic rings. The molecule has 3 aromatic carbocycles. The molecule has 2 N–H and O–H groups in total. The highest BCUT2D eigenvalue weighted by Gasteiger charge is 2.19. The van der Waals surface area contributed by atoms with Crippen molar-refractivity contribution in [1.82, 2.24) is 20.2 Å². The average Bonchev–Trinajstić information content (AvgIpc) is 3.33. The van der Waals surface area contributed by atoms with Gasteiger partial charge in [0.2, 0.25) is 0 Å². The molecule has 0 fully saturated rings. The smallest absolute Gasteiger partial charge is 0.250 e. The van der Waals surface area contributed by atoms with E-state index in [2.05, 4.69) is 69.6 Å². The quantitative estimate of drug-likeness (QED) is 0.149. The van der Waals surface area contributed by atoms with Crippen LogP contribution in [0.3, 0.4) is 0 Å². The molecule has 1 aromatic heterocycles. The number of methoxy groups -OCH3 is 1. The summed E-state index contributed by atoms with van der Waals surface area (Å²) in [5.41, 5.74) is 5.99. The molecule has 0 aliphatic carbocycles. The van der Waals surface area contributed by atoms with E-state index in [1.54, 1.807) is 25.3 Å². The van der Waals surface area contributed by atoms with Gasteiger partial charge in [-0.15, -0.1) is 10.2 Å². The predicted molar refractivity (Wildman–Crippen MR) is 154 cm³/mol. The van der Waals surface area contributed by atoms with E-state index in [0.717, 1.165) is 21.5 Å². The van der Waals surface area contributed by atoms with E-state index >= 15 is 0 Å². The maximum atomic E-state index is 12.5. The second-order valence-electron chi connectivity index (χ2n) is 9.45. The first-order chi connectivity index (χ1) is 18.2. The SMILES string of the molecule is COc1ccc(-n2c(SCC(=O)N/N=C\c3cc(Br)ccc3O)nnc2-c2ccc(C(C)(C)C)cc2)cc1. The van der Waals surface area contributed by atoms with Gasteiger partial charge in [0.25, 0.3) is 5.91 Å². The van der Waals surface area contributed by atoms with E-state index < -0.39 is 0 Å². The number of carbonyl (C=O) groups excluding carboxylic acids is 1. The summed E-state index contributed by atoms with van der Waals surface area (Å²) in [6.45, 7) is 6.52. The molecule has 196 valence electrons. The van der Waals surface area contributed by atoms with E-state index in [1.807, 2.05) is 41.0 Å². The Balaban J connectivity index is 1.55. The summed E-state index contributed by atoms with van der Waals surface area (Å²) in [5.74, 6) is 1.22. The fourth-order valence-corrected chi connectivity index (χ4v) is 4.72. The van der Waals surface area contributed by atoms with Gasteiger partial charge in [-0.05, 0) is 53.4 Å². The van der Waals surface area contributed by atoms with Crippen molar-refractivity contribution in [3.63, 3.8) is 0 Å². The molecule has 0 saturated heterocycles. The van der Waals surface area contributed by atoms with Gasteiger partial charge < -0.3 is 9.84 Å². The predicted octanol–water partition coefficient (Wildman–Crippen LogP) is 5.95. The molecule has 10 heteroatoms. The Labute approximate surface area is 234 Å². The van der Waals surface area contributed by atoms with Crippen LogP contribution in [0.25, 0.3) is 17.1 Å². The minimum atomic E-state index is -0.318. The van der Waals surface area contributed by atoms with Gasteiger partial charge in [0.05, 0.1) is 19.1 Å². The summed E-state index contributed by atoms with van der Waals surface area (Å²) in [4.78, 5) is 12.5. The number of amides is 1. The van der Waals surface area contributed by atoms with E-state index in [-0.39, 0.29) is 22.8 Å². The summed E-state index contributed by atoms with van der Waals surface area (Å²) in [6, 6.07) is 20.8. The minimum absolute atomic E-state index is 0.0365. The van der Waals surface area contributed by atoms with Crippen LogP contribution in [-0.4, -0.2) is 44.9 Å². The van der Waals surface area contributed by atoms with Gasteiger partial charge in [-0.25, -0.2) is 5.43 Å². The van der Waals surface area contributed by atoms with Crippen molar-refractivity contribution < 1.29 is 14.6 Å². The first-order valence-corrected chi connectivity index (χ1v) is 13.6. The number of nitrogens with zero attached hydrogens (tertiary/aromatic N) is 4. The third-order valence-corrected chi connectivity index (χ3v) is 7.11. The van der Waals surface area contributed by atoms with Gasteiger partial charge in [0.1, 0.15) is 11.5 Å². The number of phenolic OH excluding ortho intramolecular Hbond substituents is 1. The molecule has 4 rings (SSSR count). The van der Waals surface area contributed by atoms with Crippen molar-refractivity contribution in [2.75, 3.05) is 12.9 Å². The fourth-order valence-electron chi connectivity index (χ4n) is 3.60. The number of phenols is 1. The molecule has 8 nitrogen and oxygen atoms in total. The lowest BCUT2D eigenvalue weighted by Gasteiger charge is -2.19. The second-order valence-corrected chi connectivity index (χ2v) is 11.3. The lowest BCUT2D eigenvalue weighted by molar-refractivity contribution is -0.118. The zero-order valence-electron chi connectivity index (χ0n) is 21.5. The van der Waals surface area contributed by atoms with Crippen molar-refractivity contribution in [2.24, 2.45) is 5.10 Å². The molecule has 0 unspecified atom stereocenters. The van der Waals surface area contributed by atoms with E-state index in [4.69, 9.17) is 4.74 Å². The van der Waals surface area contributed by atoms with Crippen molar-refractivity contribution in [3.05, 3.63) is 82.3 Å². The molecule has 4 aromatic rings. The van der Waals surface area contributed by atoms with Crippen LogP contribution in [0.5, 0.6) is 11.5 Å². The number of hydrogen-bond donors (Lipinski definition) is 2. The lowest BCUT2D eigenvalue weighted by Crippen LogP contribution is -2.20. The summed E-state index contributed by atoms with van der Waals surface area (Å²) in [7, 11) is 1.62. The lowest BCUT2D eigenvalue weighted by atomic mass is 9.87. The largest absolute Gasteiger partial charge is 0.507 e. The van der Waals surface area contributed by atoms with Crippen LogP contribution >= 0.6 is 27.7 Å². The van der Waals surface area contributed by atoms with Crippen LogP contribution < -0.4 is 10.2 Å². The van der Waals surface area contributed by atoms with Crippen molar-refractivity contribution in [3.8, 4) is 28.6 Å². The monoisotopic (exact) mass is 593 g/mol. The summed E-state index contributed by atoms with van der Waals surface area (Å²) >= 11 is 4.60. The number of aromatic nitrogens is 3. The number of hydrogen-bond acceptors (Lipinski definition) is 7. The Morgan fingerprint density at radius 2 is 1.82 bits per heavy atom. The molecule has 38 heavy (non-hydrogen) atoms. The maximum Gasteiger partial charge on any atom is 0.250 e. The third kappa shape index (κ3) is 6.62. The Kier molecular flexibility index (Phi) is 8.53. The van der Waals surface area contributed by atoms with E-state index in [9.17, 15) is 9.90 Å². The Morgan fingerprint density at radius 1 is 1.11 bits per heavy atom. The molecule has 0 spiro atoms. The molecule has 1 heterocycles. The highest BCUT2D eigenvalue weighted by molar-refractivity contribution is 9.10. The third-order valence-electron chi connectivity index (χ3n) is 5.69. The topological polar surface area (TPSA) is 102 Å². The molecule has 0 atom stereocenters. The van der Waals surface area contributed by atoms with Crippen LogP contribution in [0.1, 0.15) is 31.9 Å². The Hall–Kier alpha value is -3.63. The minimum Gasteiger partial charge on any atom is -0.507 e. The number of halogens is 1. The van der Waals surface area contributed by atoms with E-state index in [0.29, 0.717) is 16.5 Å². The van der Waals surface area contributed by atoms with Gasteiger partial charge in [-0.1, -0.05) is 72.7 Å². The molecule has 0 radical (unpaired) electrons. The van der Waals surface area contributed by atoms with E-state index in [1.165, 1.54) is 23.5 Å². The number of thioether (sulfide) groups is 1. The molecule has 0 aliphatic heterocycles. The zero-order chi connectivity index (χ0) is 27.3. The van der Waals surface area contributed by atoms with Gasteiger partial charge >= 0.3 is 0 Å². The number of hydrazone groups is 1. The van der Waals surface area contributed by atoms with Crippen LogP contribution in [-0.2, 0) is 10.2 Å². The van der Waals surface area contributed by atoms with Gasteiger partial charge in [0, 0.05) is 21.3 Å². The number of carbonyl (C=O) groups is 1. The Morgan fingerprint density at radius 3 is 2.47 bits per heavy atom. The molecular formula is C28H28BrN5O3S. The van der Waals surface area contributed by atoms with Gasteiger partial charge in [-0.3, -0.25) is 9.36 Å². The van der Waals surface area contributed by atoms with Crippen molar-refractivity contribution in [2.45, 2.75) is 31.3 Å². The highest BCUT2D eigenvalue weighted by atomic mass is 79.9.